The maximum Gasteiger partial charge on any atom is 0.0410 e. The molecular formula is C12H13BrClN. The van der Waals surface area contributed by atoms with E-state index in [0.717, 1.165) is 28.9 Å². The molecule has 0 unspecified atom stereocenters. The third kappa shape index (κ3) is 3.07. The van der Waals surface area contributed by atoms with E-state index in [-0.39, 0.29) is 0 Å². The predicted molar refractivity (Wildman–Crippen MR) is 68.2 cm³/mol. The molecule has 0 bridgehead atoms. The number of hydrogen-bond donors (Lipinski definition) is 1. The normalized spacial score (nSPS) is 16.1. The van der Waals surface area contributed by atoms with Crippen molar-refractivity contribution in [3.63, 3.8) is 0 Å². The van der Waals surface area contributed by atoms with Gasteiger partial charge >= 0.3 is 0 Å². The summed E-state index contributed by atoms with van der Waals surface area (Å²) in [6.45, 7) is 0.869. The molecule has 1 N–H and O–H groups in total. The van der Waals surface area contributed by atoms with Gasteiger partial charge in [-0.1, -0.05) is 39.7 Å². The minimum absolute atomic E-state index is 0.593. The van der Waals surface area contributed by atoms with Gasteiger partial charge in [0, 0.05) is 22.1 Å². The summed E-state index contributed by atoms with van der Waals surface area (Å²) in [6.07, 6.45) is 6.73. The smallest absolute Gasteiger partial charge is 0.0410 e. The van der Waals surface area contributed by atoms with Crippen LogP contribution in [0.2, 0.25) is 5.02 Å². The molecule has 1 aliphatic rings. The number of benzene rings is 1. The van der Waals surface area contributed by atoms with Crippen molar-refractivity contribution in [3.8, 4) is 0 Å². The monoisotopic (exact) mass is 285 g/mol. The Hall–Kier alpha value is -0.310. The maximum atomic E-state index is 5.95. The zero-order valence-electron chi connectivity index (χ0n) is 8.34. The Balaban J connectivity index is 1.95. The first-order valence-corrected chi connectivity index (χ1v) is 6.25. The van der Waals surface area contributed by atoms with Gasteiger partial charge < -0.3 is 5.32 Å². The average molecular weight is 287 g/mol. The van der Waals surface area contributed by atoms with Crippen LogP contribution in [0.5, 0.6) is 0 Å². The summed E-state index contributed by atoms with van der Waals surface area (Å²) in [5.74, 6) is 0. The van der Waals surface area contributed by atoms with Crippen LogP contribution in [0.3, 0.4) is 0 Å². The molecule has 0 fully saturated rings. The molecule has 0 saturated carbocycles. The Morgan fingerprint density at radius 2 is 2.07 bits per heavy atom. The quantitative estimate of drug-likeness (QED) is 0.831. The van der Waals surface area contributed by atoms with Crippen LogP contribution in [0.15, 0.2) is 34.8 Å². The van der Waals surface area contributed by atoms with E-state index in [1.54, 1.807) is 0 Å². The fraction of sp³-hybridized carbons (Fsp3) is 0.333. The third-order valence-electron chi connectivity index (χ3n) is 2.60. The van der Waals surface area contributed by atoms with Gasteiger partial charge in [0.05, 0.1) is 0 Å². The number of hydrogen-bond acceptors (Lipinski definition) is 1. The fourth-order valence-corrected chi connectivity index (χ4v) is 2.30. The molecule has 0 atom stereocenters. The lowest BCUT2D eigenvalue weighted by Crippen LogP contribution is -2.25. The summed E-state index contributed by atoms with van der Waals surface area (Å²) in [6, 6.07) is 6.48. The molecule has 0 amide bonds. The zero-order chi connectivity index (χ0) is 10.7. The predicted octanol–water partition coefficient (Wildman–Crippen LogP) is 3.91. The Kier molecular flexibility index (Phi) is 3.84. The second-order valence-corrected chi connectivity index (χ2v) is 5.05. The zero-order valence-corrected chi connectivity index (χ0v) is 10.7. The van der Waals surface area contributed by atoms with Crippen LogP contribution < -0.4 is 5.32 Å². The van der Waals surface area contributed by atoms with Gasteiger partial charge in [-0.15, -0.1) is 0 Å². The molecule has 0 radical (unpaired) electrons. The van der Waals surface area contributed by atoms with Crippen LogP contribution in [0.1, 0.15) is 18.4 Å². The van der Waals surface area contributed by atoms with Crippen molar-refractivity contribution in [1.82, 2.24) is 5.32 Å². The van der Waals surface area contributed by atoms with E-state index < -0.39 is 0 Å². The van der Waals surface area contributed by atoms with Gasteiger partial charge in [0.25, 0.3) is 0 Å². The van der Waals surface area contributed by atoms with Gasteiger partial charge in [-0.05, 0) is 36.6 Å². The highest BCUT2D eigenvalue weighted by Crippen LogP contribution is 2.21. The third-order valence-corrected chi connectivity index (χ3v) is 3.61. The lowest BCUT2D eigenvalue weighted by Gasteiger charge is -2.13. The fourth-order valence-electron chi connectivity index (χ4n) is 1.72. The van der Waals surface area contributed by atoms with E-state index in [2.05, 4.69) is 33.4 Å². The molecule has 0 saturated heterocycles. The van der Waals surface area contributed by atoms with Crippen molar-refractivity contribution in [2.24, 2.45) is 0 Å². The molecule has 0 heterocycles. The van der Waals surface area contributed by atoms with Crippen LogP contribution in [0, 0.1) is 0 Å². The largest absolute Gasteiger partial charge is 0.309 e. The second kappa shape index (κ2) is 5.15. The summed E-state index contributed by atoms with van der Waals surface area (Å²) in [5.41, 5.74) is 1.22. The van der Waals surface area contributed by atoms with Crippen molar-refractivity contribution in [2.75, 3.05) is 0 Å². The number of halogens is 2. The van der Waals surface area contributed by atoms with Gasteiger partial charge in [0.2, 0.25) is 0 Å². The van der Waals surface area contributed by atoms with Crippen LogP contribution in [0.4, 0.5) is 0 Å². The minimum Gasteiger partial charge on any atom is -0.309 e. The summed E-state index contributed by atoms with van der Waals surface area (Å²) in [4.78, 5) is 0. The van der Waals surface area contributed by atoms with Gasteiger partial charge in [-0.2, -0.15) is 0 Å². The van der Waals surface area contributed by atoms with Crippen LogP contribution >= 0.6 is 27.5 Å². The molecule has 0 aliphatic heterocycles. The molecule has 2 rings (SSSR count). The number of rotatable bonds is 3. The van der Waals surface area contributed by atoms with E-state index in [4.69, 9.17) is 11.6 Å². The minimum atomic E-state index is 0.593. The first-order valence-electron chi connectivity index (χ1n) is 5.08. The maximum absolute atomic E-state index is 5.95. The average Bonchev–Trinajstić information content (AvgIpc) is 2.72. The second-order valence-electron chi connectivity index (χ2n) is 3.76. The molecule has 1 nitrogen and oxygen atoms in total. The van der Waals surface area contributed by atoms with E-state index >= 15 is 0 Å². The van der Waals surface area contributed by atoms with Crippen molar-refractivity contribution in [1.29, 1.82) is 0 Å². The van der Waals surface area contributed by atoms with E-state index in [1.807, 2.05) is 18.2 Å². The van der Waals surface area contributed by atoms with Crippen molar-refractivity contribution in [3.05, 3.63) is 45.4 Å². The molecule has 1 aliphatic carbocycles. The molecule has 80 valence electrons. The molecule has 0 spiro atoms. The highest BCUT2D eigenvalue weighted by atomic mass is 79.9. The standard InChI is InChI=1S/C12H13BrClN/c13-12-6-5-10(14)7-9(12)8-15-11-3-1-2-4-11/h1-2,5-7,11,15H,3-4,8H2. The van der Waals surface area contributed by atoms with Gasteiger partial charge in [-0.25, -0.2) is 0 Å². The van der Waals surface area contributed by atoms with Crippen LogP contribution in [0.25, 0.3) is 0 Å². The van der Waals surface area contributed by atoms with Gasteiger partial charge in [0.1, 0.15) is 0 Å². The van der Waals surface area contributed by atoms with E-state index in [1.165, 1.54) is 5.56 Å². The van der Waals surface area contributed by atoms with Crippen molar-refractivity contribution in [2.45, 2.75) is 25.4 Å². The molecule has 15 heavy (non-hydrogen) atoms. The molecular weight excluding hydrogens is 273 g/mol. The van der Waals surface area contributed by atoms with Crippen molar-refractivity contribution >= 4 is 27.5 Å². The SMILES string of the molecule is Clc1ccc(Br)c(CNC2CC=CC2)c1. The Morgan fingerprint density at radius 1 is 1.33 bits per heavy atom. The summed E-state index contributed by atoms with van der Waals surface area (Å²) >= 11 is 9.48. The topological polar surface area (TPSA) is 12.0 Å². The Labute approximate surface area is 104 Å². The molecule has 3 heteroatoms. The van der Waals surface area contributed by atoms with E-state index in [0.29, 0.717) is 6.04 Å². The first kappa shape index (κ1) is 11.2. The van der Waals surface area contributed by atoms with Crippen LogP contribution in [-0.2, 0) is 6.54 Å². The number of nitrogens with one attached hydrogen (secondary N) is 1. The lowest BCUT2D eigenvalue weighted by atomic mass is 10.2. The first-order chi connectivity index (χ1) is 7.25. The summed E-state index contributed by atoms with van der Waals surface area (Å²) in [7, 11) is 0. The van der Waals surface area contributed by atoms with Crippen LogP contribution in [-0.4, -0.2) is 6.04 Å². The van der Waals surface area contributed by atoms with Crippen molar-refractivity contribution < 1.29 is 0 Å². The summed E-state index contributed by atoms with van der Waals surface area (Å²) < 4.78 is 1.12. The van der Waals surface area contributed by atoms with Gasteiger partial charge in [0.15, 0.2) is 0 Å². The lowest BCUT2D eigenvalue weighted by molar-refractivity contribution is 0.538. The Bertz CT molecular complexity index is 368. The molecule has 0 aromatic heterocycles. The Morgan fingerprint density at radius 3 is 2.80 bits per heavy atom. The molecule has 1 aromatic rings. The van der Waals surface area contributed by atoms with Gasteiger partial charge in [-0.3, -0.25) is 0 Å². The molecule has 1 aromatic carbocycles. The highest BCUT2D eigenvalue weighted by molar-refractivity contribution is 9.10. The highest BCUT2D eigenvalue weighted by Gasteiger charge is 2.09. The van der Waals surface area contributed by atoms with E-state index in [9.17, 15) is 0 Å². The summed E-state index contributed by atoms with van der Waals surface area (Å²) in [5, 5.41) is 4.31.